The summed E-state index contributed by atoms with van der Waals surface area (Å²) in [7, 11) is 1.39. The van der Waals surface area contributed by atoms with Crippen LogP contribution in [0.1, 0.15) is 0 Å². The van der Waals surface area contributed by atoms with Gasteiger partial charge in [0, 0.05) is 7.11 Å². The molecule has 11 heavy (non-hydrogen) atoms. The summed E-state index contributed by atoms with van der Waals surface area (Å²) < 4.78 is 9.56. The zero-order valence-corrected chi connectivity index (χ0v) is 6.17. The third-order valence-electron chi connectivity index (χ3n) is 1.76. The highest BCUT2D eigenvalue weighted by atomic mass is 16.7. The molecule has 1 aliphatic heterocycles. The summed E-state index contributed by atoms with van der Waals surface area (Å²) in [4.78, 5) is 0. The van der Waals surface area contributed by atoms with E-state index in [2.05, 4.69) is 0 Å². The van der Waals surface area contributed by atoms with Gasteiger partial charge in [0.15, 0.2) is 6.29 Å². The zero-order chi connectivity index (χ0) is 8.43. The number of rotatable bonds is 2. The molecule has 0 unspecified atom stereocenters. The molecule has 4 atom stereocenters. The van der Waals surface area contributed by atoms with E-state index in [0.29, 0.717) is 0 Å². The SMILES string of the molecule is CO[C@H]1[C@@H](O)[C@@H](O)O[C@@H]1CO. The van der Waals surface area contributed by atoms with E-state index in [1.165, 1.54) is 7.11 Å². The van der Waals surface area contributed by atoms with Crippen LogP contribution in [0.4, 0.5) is 0 Å². The van der Waals surface area contributed by atoms with Crippen molar-refractivity contribution in [1.29, 1.82) is 0 Å². The molecule has 1 rings (SSSR count). The van der Waals surface area contributed by atoms with E-state index in [9.17, 15) is 0 Å². The average Bonchev–Trinajstić information content (AvgIpc) is 2.28. The van der Waals surface area contributed by atoms with Crippen LogP contribution in [0.3, 0.4) is 0 Å². The second-order valence-corrected chi connectivity index (χ2v) is 2.44. The van der Waals surface area contributed by atoms with Gasteiger partial charge in [0.25, 0.3) is 0 Å². The van der Waals surface area contributed by atoms with Gasteiger partial charge in [-0.2, -0.15) is 0 Å². The molecule has 5 heteroatoms. The van der Waals surface area contributed by atoms with Gasteiger partial charge in [-0.15, -0.1) is 0 Å². The molecule has 0 spiro atoms. The maximum absolute atomic E-state index is 9.15. The molecule has 1 aliphatic rings. The Balaban J connectivity index is 2.57. The summed E-state index contributed by atoms with van der Waals surface area (Å²) in [6.45, 7) is -0.271. The molecule has 0 aliphatic carbocycles. The topological polar surface area (TPSA) is 79.2 Å². The van der Waals surface area contributed by atoms with E-state index in [0.717, 1.165) is 0 Å². The fourth-order valence-corrected chi connectivity index (χ4v) is 1.16. The first-order valence-electron chi connectivity index (χ1n) is 3.36. The highest BCUT2D eigenvalue weighted by Gasteiger charge is 2.42. The van der Waals surface area contributed by atoms with E-state index >= 15 is 0 Å². The molecule has 66 valence electrons. The Kier molecular flexibility index (Phi) is 2.80. The average molecular weight is 164 g/mol. The predicted molar refractivity (Wildman–Crippen MR) is 34.8 cm³/mol. The normalized spacial score (nSPS) is 44.7. The zero-order valence-electron chi connectivity index (χ0n) is 6.17. The maximum Gasteiger partial charge on any atom is 0.184 e. The Morgan fingerprint density at radius 2 is 2.09 bits per heavy atom. The Bertz CT molecular complexity index is 128. The van der Waals surface area contributed by atoms with Crippen molar-refractivity contribution in [3.63, 3.8) is 0 Å². The van der Waals surface area contributed by atoms with Crippen LogP contribution < -0.4 is 0 Å². The van der Waals surface area contributed by atoms with Crippen molar-refractivity contribution in [2.24, 2.45) is 0 Å². The van der Waals surface area contributed by atoms with Crippen molar-refractivity contribution in [3.8, 4) is 0 Å². The van der Waals surface area contributed by atoms with Crippen LogP contribution in [0.2, 0.25) is 0 Å². The Morgan fingerprint density at radius 3 is 2.45 bits per heavy atom. The molecule has 0 saturated carbocycles. The van der Waals surface area contributed by atoms with Crippen molar-refractivity contribution in [1.82, 2.24) is 0 Å². The predicted octanol–water partition coefficient (Wildman–Crippen LogP) is -1.93. The highest BCUT2D eigenvalue weighted by Crippen LogP contribution is 2.21. The second-order valence-electron chi connectivity index (χ2n) is 2.44. The van der Waals surface area contributed by atoms with E-state index in [1.54, 1.807) is 0 Å². The Morgan fingerprint density at radius 1 is 1.45 bits per heavy atom. The number of ether oxygens (including phenoxy) is 2. The molecule has 1 heterocycles. The molecular formula is C6H12O5. The monoisotopic (exact) mass is 164 g/mol. The van der Waals surface area contributed by atoms with E-state index < -0.39 is 24.6 Å². The lowest BCUT2D eigenvalue weighted by atomic mass is 10.1. The molecular weight excluding hydrogens is 152 g/mol. The van der Waals surface area contributed by atoms with Gasteiger partial charge in [-0.25, -0.2) is 0 Å². The standard InChI is InChI=1S/C6H12O5/c1-10-5-3(2-7)11-6(9)4(5)8/h3-9H,2H2,1H3/t3-,4-,5-,6+/m1/s1. The number of aliphatic hydroxyl groups is 3. The maximum atomic E-state index is 9.15. The molecule has 0 amide bonds. The van der Waals surface area contributed by atoms with Crippen molar-refractivity contribution >= 4 is 0 Å². The van der Waals surface area contributed by atoms with Gasteiger partial charge in [0.2, 0.25) is 0 Å². The molecule has 3 N–H and O–H groups in total. The number of hydrogen-bond donors (Lipinski definition) is 3. The van der Waals surface area contributed by atoms with Gasteiger partial charge in [-0.05, 0) is 0 Å². The minimum Gasteiger partial charge on any atom is -0.394 e. The Hall–Kier alpha value is -0.200. The minimum atomic E-state index is -1.25. The van der Waals surface area contributed by atoms with Crippen LogP contribution in [-0.4, -0.2) is 53.6 Å². The molecule has 0 radical (unpaired) electrons. The highest BCUT2D eigenvalue weighted by molar-refractivity contribution is 4.86. The lowest BCUT2D eigenvalue weighted by molar-refractivity contribution is -0.132. The summed E-state index contributed by atoms with van der Waals surface area (Å²) in [5.41, 5.74) is 0. The van der Waals surface area contributed by atoms with Crippen LogP contribution in [0.25, 0.3) is 0 Å². The summed E-state index contributed by atoms with van der Waals surface area (Å²) in [6, 6.07) is 0. The van der Waals surface area contributed by atoms with Crippen LogP contribution in [0.15, 0.2) is 0 Å². The van der Waals surface area contributed by atoms with Crippen LogP contribution >= 0.6 is 0 Å². The number of hydrogen-bond acceptors (Lipinski definition) is 5. The van der Waals surface area contributed by atoms with E-state index in [4.69, 9.17) is 24.8 Å². The van der Waals surface area contributed by atoms with Crippen LogP contribution in [0, 0.1) is 0 Å². The van der Waals surface area contributed by atoms with Gasteiger partial charge in [-0.3, -0.25) is 0 Å². The fraction of sp³-hybridized carbons (Fsp3) is 1.00. The Labute approximate surface area is 64.2 Å². The summed E-state index contributed by atoms with van der Waals surface area (Å²) >= 11 is 0. The first-order chi connectivity index (χ1) is 5.20. The third kappa shape index (κ3) is 1.52. The van der Waals surface area contributed by atoms with E-state index in [-0.39, 0.29) is 6.61 Å². The largest absolute Gasteiger partial charge is 0.394 e. The quantitative estimate of drug-likeness (QED) is 0.443. The first-order valence-corrected chi connectivity index (χ1v) is 3.36. The number of methoxy groups -OCH3 is 1. The third-order valence-corrected chi connectivity index (χ3v) is 1.76. The second kappa shape index (κ2) is 3.46. The smallest absolute Gasteiger partial charge is 0.184 e. The minimum absolute atomic E-state index is 0.271. The van der Waals surface area contributed by atoms with Crippen molar-refractivity contribution in [2.75, 3.05) is 13.7 Å². The molecule has 0 aromatic heterocycles. The summed E-state index contributed by atoms with van der Waals surface area (Å²) in [5.74, 6) is 0. The van der Waals surface area contributed by atoms with E-state index in [1.807, 2.05) is 0 Å². The van der Waals surface area contributed by atoms with Crippen LogP contribution in [-0.2, 0) is 9.47 Å². The molecule has 0 bridgehead atoms. The lowest BCUT2D eigenvalue weighted by Crippen LogP contribution is -2.35. The fourth-order valence-electron chi connectivity index (χ4n) is 1.16. The lowest BCUT2D eigenvalue weighted by Gasteiger charge is -2.15. The summed E-state index contributed by atoms with van der Waals surface area (Å²) in [6.07, 6.45) is -3.60. The van der Waals surface area contributed by atoms with Crippen LogP contribution in [0.5, 0.6) is 0 Å². The molecule has 0 aromatic carbocycles. The van der Waals surface area contributed by atoms with Crippen molar-refractivity contribution < 1.29 is 24.8 Å². The molecule has 1 fully saturated rings. The van der Waals surface area contributed by atoms with Gasteiger partial charge in [-0.1, -0.05) is 0 Å². The van der Waals surface area contributed by atoms with Gasteiger partial charge < -0.3 is 24.8 Å². The van der Waals surface area contributed by atoms with Gasteiger partial charge in [0.1, 0.15) is 18.3 Å². The molecule has 0 aromatic rings. The number of aliphatic hydroxyl groups excluding tert-OH is 3. The van der Waals surface area contributed by atoms with Crippen molar-refractivity contribution in [3.05, 3.63) is 0 Å². The van der Waals surface area contributed by atoms with Gasteiger partial charge >= 0.3 is 0 Å². The molecule has 5 nitrogen and oxygen atoms in total. The molecule has 1 saturated heterocycles. The van der Waals surface area contributed by atoms with Crippen molar-refractivity contribution in [2.45, 2.75) is 24.6 Å². The first kappa shape index (κ1) is 8.89. The summed E-state index contributed by atoms with van der Waals surface area (Å²) in [5, 5.41) is 26.8. The van der Waals surface area contributed by atoms with Gasteiger partial charge in [0.05, 0.1) is 6.61 Å².